The van der Waals surface area contributed by atoms with Crippen molar-refractivity contribution in [3.05, 3.63) is 0 Å². The Morgan fingerprint density at radius 2 is 1.93 bits per heavy atom. The second-order valence-corrected chi connectivity index (χ2v) is 3.67. The number of carbonyl (C=O) groups excluding carboxylic acids is 1. The van der Waals surface area contributed by atoms with Crippen molar-refractivity contribution in [2.24, 2.45) is 5.92 Å². The maximum atomic E-state index is 11.2. The molecule has 0 aliphatic heterocycles. The van der Waals surface area contributed by atoms with E-state index in [2.05, 4.69) is 10.6 Å². The molecule has 0 fully saturated rings. The van der Waals surface area contributed by atoms with Gasteiger partial charge in [0.05, 0.1) is 5.92 Å². The molecular weight excluding hydrogens is 196 g/mol. The van der Waals surface area contributed by atoms with E-state index in [-0.39, 0.29) is 12.1 Å². The summed E-state index contributed by atoms with van der Waals surface area (Å²) in [6, 6.07) is -0.673. The summed E-state index contributed by atoms with van der Waals surface area (Å²) in [4.78, 5) is 21.9. The van der Waals surface area contributed by atoms with Crippen LogP contribution >= 0.6 is 0 Å². The molecule has 2 unspecified atom stereocenters. The van der Waals surface area contributed by atoms with E-state index in [0.717, 1.165) is 12.8 Å². The predicted molar refractivity (Wildman–Crippen MR) is 57.7 cm³/mol. The quantitative estimate of drug-likeness (QED) is 0.584. The normalized spacial score (nSPS) is 14.1. The van der Waals surface area contributed by atoms with Crippen LogP contribution in [0.3, 0.4) is 0 Å². The lowest BCUT2D eigenvalue weighted by molar-refractivity contribution is -0.141. The van der Waals surface area contributed by atoms with Crippen molar-refractivity contribution in [3.63, 3.8) is 0 Å². The van der Waals surface area contributed by atoms with E-state index in [1.807, 2.05) is 6.92 Å². The molecule has 0 aromatic carbocycles. The minimum Gasteiger partial charge on any atom is -0.481 e. The molecule has 0 aliphatic carbocycles. The topological polar surface area (TPSA) is 78.4 Å². The van der Waals surface area contributed by atoms with Crippen LogP contribution in [0.4, 0.5) is 4.79 Å². The summed E-state index contributed by atoms with van der Waals surface area (Å²) in [7, 11) is 0. The van der Waals surface area contributed by atoms with Crippen LogP contribution in [0.5, 0.6) is 0 Å². The van der Waals surface area contributed by atoms with Gasteiger partial charge >= 0.3 is 12.0 Å². The first-order chi connectivity index (χ1) is 6.99. The summed E-state index contributed by atoms with van der Waals surface area (Å²) in [6.07, 6.45) is 1.94. The molecule has 5 heteroatoms. The number of carbonyl (C=O) groups is 2. The van der Waals surface area contributed by atoms with Gasteiger partial charge in [0.1, 0.15) is 0 Å². The second-order valence-electron chi connectivity index (χ2n) is 3.67. The van der Waals surface area contributed by atoms with Gasteiger partial charge in [-0.2, -0.15) is 0 Å². The molecule has 2 atom stereocenters. The van der Waals surface area contributed by atoms with Gasteiger partial charge in [-0.15, -0.1) is 0 Å². The largest absolute Gasteiger partial charge is 0.481 e. The SMILES string of the molecule is CCCCNC(=O)NC(C)C(C)C(=O)O. The Kier molecular flexibility index (Phi) is 6.49. The minimum atomic E-state index is -0.906. The third kappa shape index (κ3) is 5.93. The van der Waals surface area contributed by atoms with Crippen molar-refractivity contribution in [1.29, 1.82) is 0 Å². The summed E-state index contributed by atoms with van der Waals surface area (Å²) in [5, 5.41) is 14.0. The minimum absolute atomic E-state index is 0.302. The van der Waals surface area contributed by atoms with Gasteiger partial charge in [0.25, 0.3) is 0 Å². The number of aliphatic carboxylic acids is 1. The van der Waals surface area contributed by atoms with Crippen LogP contribution in [-0.2, 0) is 4.79 Å². The lowest BCUT2D eigenvalue weighted by atomic mass is 10.0. The molecule has 88 valence electrons. The monoisotopic (exact) mass is 216 g/mol. The molecule has 0 bridgehead atoms. The molecule has 0 aromatic rings. The fourth-order valence-electron chi connectivity index (χ4n) is 0.975. The zero-order valence-corrected chi connectivity index (χ0v) is 9.54. The van der Waals surface area contributed by atoms with Crippen LogP contribution < -0.4 is 10.6 Å². The molecular formula is C10H20N2O3. The fraction of sp³-hybridized carbons (Fsp3) is 0.800. The van der Waals surface area contributed by atoms with Gasteiger partial charge in [-0.3, -0.25) is 4.79 Å². The zero-order chi connectivity index (χ0) is 11.8. The Morgan fingerprint density at radius 3 is 2.40 bits per heavy atom. The molecule has 0 aliphatic rings. The summed E-state index contributed by atoms with van der Waals surface area (Å²) < 4.78 is 0. The summed E-state index contributed by atoms with van der Waals surface area (Å²) >= 11 is 0. The molecule has 3 N–H and O–H groups in total. The van der Waals surface area contributed by atoms with Crippen LogP contribution in [0, 0.1) is 5.92 Å². The van der Waals surface area contributed by atoms with E-state index < -0.39 is 11.9 Å². The van der Waals surface area contributed by atoms with Crippen LogP contribution in [0.25, 0.3) is 0 Å². The molecule has 0 saturated carbocycles. The highest BCUT2D eigenvalue weighted by Gasteiger charge is 2.20. The smallest absolute Gasteiger partial charge is 0.315 e. The molecule has 0 spiro atoms. The van der Waals surface area contributed by atoms with E-state index in [1.165, 1.54) is 0 Å². The zero-order valence-electron chi connectivity index (χ0n) is 9.54. The van der Waals surface area contributed by atoms with Crippen molar-refractivity contribution in [1.82, 2.24) is 10.6 Å². The number of carboxylic acid groups (broad SMARTS) is 1. The summed E-state index contributed by atoms with van der Waals surface area (Å²) in [5.41, 5.74) is 0. The lowest BCUT2D eigenvalue weighted by Gasteiger charge is -2.17. The maximum absolute atomic E-state index is 11.2. The first-order valence-electron chi connectivity index (χ1n) is 5.26. The highest BCUT2D eigenvalue weighted by Crippen LogP contribution is 2.01. The van der Waals surface area contributed by atoms with Gasteiger partial charge in [-0.1, -0.05) is 13.3 Å². The highest BCUT2D eigenvalue weighted by molar-refractivity contribution is 5.76. The van der Waals surface area contributed by atoms with Crippen molar-refractivity contribution >= 4 is 12.0 Å². The number of carboxylic acids is 1. The third-order valence-corrected chi connectivity index (χ3v) is 2.31. The number of urea groups is 1. The van der Waals surface area contributed by atoms with Crippen LogP contribution in [0.15, 0.2) is 0 Å². The molecule has 0 saturated heterocycles. The molecule has 0 radical (unpaired) electrons. The maximum Gasteiger partial charge on any atom is 0.315 e. The standard InChI is InChI=1S/C10H20N2O3/c1-4-5-6-11-10(15)12-8(3)7(2)9(13)14/h7-8H,4-6H2,1-3H3,(H,13,14)(H2,11,12,15). The van der Waals surface area contributed by atoms with Crippen LogP contribution in [0.2, 0.25) is 0 Å². The van der Waals surface area contributed by atoms with Gasteiger partial charge in [-0.05, 0) is 20.3 Å². The van der Waals surface area contributed by atoms with E-state index in [1.54, 1.807) is 13.8 Å². The van der Waals surface area contributed by atoms with Gasteiger partial charge in [0.2, 0.25) is 0 Å². The third-order valence-electron chi connectivity index (χ3n) is 2.31. The first-order valence-corrected chi connectivity index (χ1v) is 5.26. The van der Waals surface area contributed by atoms with Crippen molar-refractivity contribution in [2.75, 3.05) is 6.54 Å². The average molecular weight is 216 g/mol. The van der Waals surface area contributed by atoms with E-state index in [9.17, 15) is 9.59 Å². The molecule has 15 heavy (non-hydrogen) atoms. The van der Waals surface area contributed by atoms with Gasteiger partial charge in [-0.25, -0.2) is 4.79 Å². The van der Waals surface area contributed by atoms with Gasteiger partial charge < -0.3 is 15.7 Å². The number of rotatable bonds is 6. The lowest BCUT2D eigenvalue weighted by Crippen LogP contribution is -2.45. The van der Waals surface area contributed by atoms with Crippen molar-refractivity contribution in [2.45, 2.75) is 39.7 Å². The Morgan fingerprint density at radius 1 is 1.33 bits per heavy atom. The van der Waals surface area contributed by atoms with Crippen molar-refractivity contribution < 1.29 is 14.7 Å². The average Bonchev–Trinajstić information content (AvgIpc) is 2.16. The van der Waals surface area contributed by atoms with Crippen molar-refractivity contribution in [3.8, 4) is 0 Å². The Bertz CT molecular complexity index is 219. The highest BCUT2D eigenvalue weighted by atomic mass is 16.4. The van der Waals surface area contributed by atoms with Crippen LogP contribution in [-0.4, -0.2) is 29.7 Å². The molecule has 0 rings (SSSR count). The summed E-state index contributed by atoms with van der Waals surface area (Å²) in [6.45, 7) is 5.91. The van der Waals surface area contributed by atoms with E-state index >= 15 is 0 Å². The van der Waals surface area contributed by atoms with E-state index in [4.69, 9.17) is 5.11 Å². The first kappa shape index (κ1) is 13.7. The number of hydrogen-bond acceptors (Lipinski definition) is 2. The number of hydrogen-bond donors (Lipinski definition) is 3. The molecule has 2 amide bonds. The molecule has 5 nitrogen and oxygen atoms in total. The Labute approximate surface area is 90.2 Å². The predicted octanol–water partition coefficient (Wildman–Crippen LogP) is 1.19. The number of unbranched alkanes of at least 4 members (excludes halogenated alkanes) is 1. The van der Waals surface area contributed by atoms with Gasteiger partial charge in [0.15, 0.2) is 0 Å². The van der Waals surface area contributed by atoms with Crippen LogP contribution in [0.1, 0.15) is 33.6 Å². The van der Waals surface area contributed by atoms with E-state index in [0.29, 0.717) is 6.54 Å². The fourth-order valence-corrected chi connectivity index (χ4v) is 0.975. The number of nitrogens with one attached hydrogen (secondary N) is 2. The second kappa shape index (κ2) is 7.09. The number of amides is 2. The summed E-state index contributed by atoms with van der Waals surface area (Å²) in [5.74, 6) is -1.49. The molecule has 0 aromatic heterocycles. The van der Waals surface area contributed by atoms with Gasteiger partial charge in [0, 0.05) is 12.6 Å². The Balaban J connectivity index is 3.80. The molecule has 0 heterocycles. The Hall–Kier alpha value is -1.26.